The zero-order valence-electron chi connectivity index (χ0n) is 11.5. The summed E-state index contributed by atoms with van der Waals surface area (Å²) in [5.41, 5.74) is 2.08. The van der Waals surface area contributed by atoms with E-state index in [9.17, 15) is 4.39 Å². The Bertz CT molecular complexity index is 588. The largest absolute Gasteiger partial charge is 0.494 e. The van der Waals surface area contributed by atoms with Gasteiger partial charge in [0.1, 0.15) is 0 Å². The molecular formula is C16H17BrFNO. The first kappa shape index (κ1) is 15.0. The molecule has 0 saturated carbocycles. The summed E-state index contributed by atoms with van der Waals surface area (Å²) in [7, 11) is 1.46. The van der Waals surface area contributed by atoms with Gasteiger partial charge in [-0.2, -0.15) is 0 Å². The van der Waals surface area contributed by atoms with E-state index in [4.69, 9.17) is 4.74 Å². The van der Waals surface area contributed by atoms with Crippen LogP contribution in [0, 0.1) is 5.82 Å². The standard InChI is InChI=1S/C16H17BrFNO/c1-11(13-4-3-5-14(17)9-13)19-10-12-6-7-16(20-2)15(18)8-12/h3-9,11,19H,10H2,1-2H3/t11-/m0/s1. The third-order valence-corrected chi connectivity index (χ3v) is 3.67. The summed E-state index contributed by atoms with van der Waals surface area (Å²) in [5, 5.41) is 3.38. The lowest BCUT2D eigenvalue weighted by molar-refractivity contribution is 0.386. The van der Waals surface area contributed by atoms with Crippen molar-refractivity contribution in [3.8, 4) is 5.75 Å². The molecule has 0 aromatic heterocycles. The van der Waals surface area contributed by atoms with Crippen molar-refractivity contribution in [2.45, 2.75) is 19.5 Å². The minimum Gasteiger partial charge on any atom is -0.494 e. The summed E-state index contributed by atoms with van der Waals surface area (Å²) < 4.78 is 19.6. The summed E-state index contributed by atoms with van der Waals surface area (Å²) >= 11 is 3.46. The zero-order chi connectivity index (χ0) is 14.5. The van der Waals surface area contributed by atoms with Crippen molar-refractivity contribution in [2.75, 3.05) is 7.11 Å². The average Bonchev–Trinajstić information content (AvgIpc) is 2.45. The number of nitrogens with one attached hydrogen (secondary N) is 1. The summed E-state index contributed by atoms with van der Waals surface area (Å²) in [4.78, 5) is 0. The smallest absolute Gasteiger partial charge is 0.165 e. The van der Waals surface area contributed by atoms with Crippen LogP contribution in [0.15, 0.2) is 46.9 Å². The highest BCUT2D eigenvalue weighted by atomic mass is 79.9. The van der Waals surface area contributed by atoms with E-state index in [-0.39, 0.29) is 17.6 Å². The lowest BCUT2D eigenvalue weighted by atomic mass is 10.1. The Morgan fingerprint density at radius 3 is 2.70 bits per heavy atom. The van der Waals surface area contributed by atoms with Gasteiger partial charge in [0.15, 0.2) is 11.6 Å². The quantitative estimate of drug-likeness (QED) is 0.870. The van der Waals surface area contributed by atoms with E-state index in [0.717, 1.165) is 10.0 Å². The van der Waals surface area contributed by atoms with Gasteiger partial charge in [0.25, 0.3) is 0 Å². The maximum Gasteiger partial charge on any atom is 0.165 e. The van der Waals surface area contributed by atoms with E-state index < -0.39 is 0 Å². The SMILES string of the molecule is COc1ccc(CN[C@@H](C)c2cccc(Br)c2)cc1F. The summed E-state index contributed by atoms with van der Waals surface area (Å²) in [6.07, 6.45) is 0. The predicted octanol–water partition coefficient (Wildman–Crippen LogP) is 4.45. The van der Waals surface area contributed by atoms with Crippen molar-refractivity contribution in [2.24, 2.45) is 0 Å². The molecule has 0 saturated heterocycles. The van der Waals surface area contributed by atoms with E-state index in [1.54, 1.807) is 6.07 Å². The average molecular weight is 338 g/mol. The van der Waals surface area contributed by atoms with E-state index in [1.807, 2.05) is 18.2 Å². The minimum atomic E-state index is -0.332. The Morgan fingerprint density at radius 2 is 2.05 bits per heavy atom. The normalized spacial score (nSPS) is 12.2. The molecule has 4 heteroatoms. The first-order chi connectivity index (χ1) is 9.60. The van der Waals surface area contributed by atoms with Crippen LogP contribution in [0.2, 0.25) is 0 Å². The highest BCUT2D eigenvalue weighted by molar-refractivity contribution is 9.10. The molecule has 2 nitrogen and oxygen atoms in total. The van der Waals surface area contributed by atoms with Crippen LogP contribution in [0.4, 0.5) is 4.39 Å². The van der Waals surface area contributed by atoms with Crippen LogP contribution < -0.4 is 10.1 Å². The monoisotopic (exact) mass is 337 g/mol. The number of benzene rings is 2. The molecule has 0 aliphatic carbocycles. The van der Waals surface area contributed by atoms with E-state index >= 15 is 0 Å². The molecule has 0 aliphatic rings. The molecule has 0 heterocycles. The highest BCUT2D eigenvalue weighted by Crippen LogP contribution is 2.20. The van der Waals surface area contributed by atoms with Crippen LogP contribution in [0.25, 0.3) is 0 Å². The van der Waals surface area contributed by atoms with Gasteiger partial charge in [-0.05, 0) is 42.3 Å². The Labute approximate surface area is 127 Å². The number of hydrogen-bond acceptors (Lipinski definition) is 2. The molecule has 0 unspecified atom stereocenters. The molecule has 2 aromatic rings. The Morgan fingerprint density at radius 1 is 1.25 bits per heavy atom. The lowest BCUT2D eigenvalue weighted by Gasteiger charge is -2.15. The number of halogens is 2. The van der Waals surface area contributed by atoms with E-state index in [2.05, 4.69) is 40.3 Å². The van der Waals surface area contributed by atoms with E-state index in [1.165, 1.54) is 18.7 Å². The summed E-state index contributed by atoms with van der Waals surface area (Å²) in [6, 6.07) is 13.3. The second-order valence-electron chi connectivity index (χ2n) is 4.63. The van der Waals surface area contributed by atoms with Crippen molar-refractivity contribution in [1.82, 2.24) is 5.32 Å². The molecule has 2 rings (SSSR count). The fourth-order valence-electron chi connectivity index (χ4n) is 1.98. The third-order valence-electron chi connectivity index (χ3n) is 3.18. The third kappa shape index (κ3) is 3.81. The summed E-state index contributed by atoms with van der Waals surface area (Å²) in [5.74, 6) is -0.0595. The molecule has 0 spiro atoms. The molecular weight excluding hydrogens is 321 g/mol. The second kappa shape index (κ2) is 6.86. The Balaban J connectivity index is 1.99. The van der Waals surface area contributed by atoms with Crippen molar-refractivity contribution < 1.29 is 9.13 Å². The van der Waals surface area contributed by atoms with Crippen LogP contribution in [0.5, 0.6) is 5.75 Å². The minimum absolute atomic E-state index is 0.192. The number of ether oxygens (including phenoxy) is 1. The maximum absolute atomic E-state index is 13.6. The first-order valence-electron chi connectivity index (χ1n) is 6.41. The fraction of sp³-hybridized carbons (Fsp3) is 0.250. The van der Waals surface area contributed by atoms with Gasteiger partial charge in [-0.25, -0.2) is 4.39 Å². The van der Waals surface area contributed by atoms with Gasteiger partial charge in [0.05, 0.1) is 7.11 Å². The molecule has 0 radical (unpaired) electrons. The van der Waals surface area contributed by atoms with E-state index in [0.29, 0.717) is 6.54 Å². The summed E-state index contributed by atoms with van der Waals surface area (Å²) in [6.45, 7) is 2.69. The van der Waals surface area contributed by atoms with Crippen LogP contribution in [0.3, 0.4) is 0 Å². The maximum atomic E-state index is 13.6. The Kier molecular flexibility index (Phi) is 5.15. The van der Waals surface area contributed by atoms with Crippen LogP contribution >= 0.6 is 15.9 Å². The van der Waals surface area contributed by atoms with Gasteiger partial charge in [-0.15, -0.1) is 0 Å². The molecule has 106 valence electrons. The zero-order valence-corrected chi connectivity index (χ0v) is 13.1. The Hall–Kier alpha value is -1.39. The molecule has 0 fully saturated rings. The van der Waals surface area contributed by atoms with Crippen LogP contribution in [-0.4, -0.2) is 7.11 Å². The molecule has 0 aliphatic heterocycles. The van der Waals surface area contributed by atoms with Crippen molar-refractivity contribution in [3.63, 3.8) is 0 Å². The molecule has 1 atom stereocenters. The van der Waals surface area contributed by atoms with Gasteiger partial charge in [0, 0.05) is 17.1 Å². The predicted molar refractivity (Wildman–Crippen MR) is 82.3 cm³/mol. The molecule has 2 aromatic carbocycles. The van der Waals surface area contributed by atoms with Gasteiger partial charge in [-0.1, -0.05) is 34.1 Å². The lowest BCUT2D eigenvalue weighted by Crippen LogP contribution is -2.18. The van der Waals surface area contributed by atoms with Gasteiger partial charge < -0.3 is 10.1 Å². The fourth-order valence-corrected chi connectivity index (χ4v) is 2.40. The van der Waals surface area contributed by atoms with Gasteiger partial charge >= 0.3 is 0 Å². The van der Waals surface area contributed by atoms with Crippen molar-refractivity contribution in [3.05, 3.63) is 63.9 Å². The van der Waals surface area contributed by atoms with Crippen LogP contribution in [-0.2, 0) is 6.54 Å². The molecule has 1 N–H and O–H groups in total. The van der Waals surface area contributed by atoms with Gasteiger partial charge in [-0.3, -0.25) is 0 Å². The number of methoxy groups -OCH3 is 1. The number of rotatable bonds is 5. The second-order valence-corrected chi connectivity index (χ2v) is 5.54. The number of hydrogen-bond donors (Lipinski definition) is 1. The topological polar surface area (TPSA) is 21.3 Å². The van der Waals surface area contributed by atoms with Crippen molar-refractivity contribution in [1.29, 1.82) is 0 Å². The van der Waals surface area contributed by atoms with Crippen molar-refractivity contribution >= 4 is 15.9 Å². The first-order valence-corrected chi connectivity index (χ1v) is 7.20. The molecule has 0 bridgehead atoms. The molecule has 0 amide bonds. The highest BCUT2D eigenvalue weighted by Gasteiger charge is 2.07. The van der Waals surface area contributed by atoms with Crippen LogP contribution in [0.1, 0.15) is 24.1 Å². The van der Waals surface area contributed by atoms with Gasteiger partial charge in [0.2, 0.25) is 0 Å². The molecule has 20 heavy (non-hydrogen) atoms.